The number of ether oxygens (including phenoxy) is 2. The van der Waals surface area contributed by atoms with Gasteiger partial charge in [0.25, 0.3) is 0 Å². The summed E-state index contributed by atoms with van der Waals surface area (Å²) in [5.41, 5.74) is 3.99. The molecule has 2 aromatic heterocycles. The maximum absolute atomic E-state index is 12.7. The van der Waals surface area contributed by atoms with Crippen molar-refractivity contribution in [1.29, 1.82) is 0 Å². The molecule has 1 saturated carbocycles. The second-order valence-electron chi connectivity index (χ2n) is 9.35. The van der Waals surface area contributed by atoms with Gasteiger partial charge in [0.2, 0.25) is 22.4 Å². The summed E-state index contributed by atoms with van der Waals surface area (Å²) in [6, 6.07) is 19.7. The summed E-state index contributed by atoms with van der Waals surface area (Å²) in [5, 5.41) is 0. The van der Waals surface area contributed by atoms with Gasteiger partial charge in [-0.2, -0.15) is 0 Å². The van der Waals surface area contributed by atoms with Gasteiger partial charge >= 0.3 is 0 Å². The fourth-order valence-electron chi connectivity index (χ4n) is 5.34. The quantitative estimate of drug-likeness (QED) is 0.351. The number of rotatable bonds is 6. The molecule has 6 nitrogen and oxygen atoms in total. The lowest BCUT2D eigenvalue weighted by molar-refractivity contribution is 0.171. The first-order chi connectivity index (χ1) is 17.4. The largest absolute Gasteiger partial charge is 0.490 e. The first-order valence-corrected chi connectivity index (χ1v) is 11.9. The lowest BCUT2D eigenvalue weighted by Crippen LogP contribution is -2.40. The van der Waals surface area contributed by atoms with Gasteiger partial charge < -0.3 is 18.3 Å². The molecular weight excluding hydrogens is 456 g/mol. The number of benzene rings is 2. The van der Waals surface area contributed by atoms with Crippen LogP contribution in [0.25, 0.3) is 0 Å². The highest BCUT2D eigenvalue weighted by Crippen LogP contribution is 2.66. The van der Waals surface area contributed by atoms with E-state index >= 15 is 0 Å². The van der Waals surface area contributed by atoms with E-state index in [0.717, 1.165) is 22.3 Å². The fourth-order valence-corrected chi connectivity index (χ4v) is 5.34. The minimum Gasteiger partial charge on any atom is -0.490 e. The number of methoxy groups -OCH3 is 2. The van der Waals surface area contributed by atoms with Crippen LogP contribution in [-0.2, 0) is 0 Å². The van der Waals surface area contributed by atoms with Gasteiger partial charge in [-0.1, -0.05) is 59.7 Å². The lowest BCUT2D eigenvalue weighted by Gasteiger charge is -2.51. The zero-order chi connectivity index (χ0) is 25.4. The molecule has 184 valence electrons. The van der Waals surface area contributed by atoms with Gasteiger partial charge in [-0.25, -0.2) is 0 Å². The second kappa shape index (κ2) is 9.53. The molecule has 2 aromatic carbocycles. The molecule has 1 aliphatic rings. The molecule has 1 aliphatic carbocycles. The topological polar surface area (TPSA) is 78.9 Å². The minimum atomic E-state index is -0.233. The van der Waals surface area contributed by atoms with Crippen LogP contribution < -0.4 is 20.3 Å². The molecule has 0 N–H and O–H groups in total. The third kappa shape index (κ3) is 4.13. The molecule has 36 heavy (non-hydrogen) atoms. The zero-order valence-electron chi connectivity index (χ0n) is 20.7. The van der Waals surface area contributed by atoms with Gasteiger partial charge in [-0.3, -0.25) is 9.59 Å². The van der Waals surface area contributed by atoms with Crippen LogP contribution in [0.2, 0.25) is 0 Å². The summed E-state index contributed by atoms with van der Waals surface area (Å²) in [6.07, 6.45) is 2.74. The predicted octanol–water partition coefficient (Wildman–Crippen LogP) is 5.68. The summed E-state index contributed by atoms with van der Waals surface area (Å²) < 4.78 is 22.3. The predicted molar refractivity (Wildman–Crippen MR) is 136 cm³/mol. The third-order valence-electron chi connectivity index (χ3n) is 7.21. The summed E-state index contributed by atoms with van der Waals surface area (Å²) in [6.45, 7) is 4.08. The van der Waals surface area contributed by atoms with Crippen molar-refractivity contribution in [2.45, 2.75) is 37.5 Å². The Kier molecular flexibility index (Phi) is 6.27. The highest BCUT2D eigenvalue weighted by molar-refractivity contribution is 5.45. The van der Waals surface area contributed by atoms with E-state index in [9.17, 15) is 9.59 Å². The molecule has 0 atom stereocenters. The van der Waals surface area contributed by atoms with E-state index in [2.05, 4.69) is 48.5 Å². The molecule has 2 heterocycles. The first-order valence-electron chi connectivity index (χ1n) is 11.9. The van der Waals surface area contributed by atoms with E-state index in [1.165, 1.54) is 38.9 Å². The van der Waals surface area contributed by atoms with Gasteiger partial charge in [0.15, 0.2) is 0 Å². The number of hydrogen-bond acceptors (Lipinski definition) is 6. The van der Waals surface area contributed by atoms with E-state index in [-0.39, 0.29) is 46.0 Å². The van der Waals surface area contributed by atoms with Crippen LogP contribution in [0, 0.1) is 13.8 Å². The third-order valence-corrected chi connectivity index (χ3v) is 7.21. The maximum atomic E-state index is 12.7. The van der Waals surface area contributed by atoms with E-state index in [1.54, 1.807) is 0 Å². The summed E-state index contributed by atoms with van der Waals surface area (Å²) >= 11 is 0. The van der Waals surface area contributed by atoms with Gasteiger partial charge in [-0.15, -0.1) is 0 Å². The maximum Gasteiger partial charge on any atom is 0.226 e. The van der Waals surface area contributed by atoms with Crippen LogP contribution in [0.5, 0.6) is 11.5 Å². The van der Waals surface area contributed by atoms with Gasteiger partial charge in [0.05, 0.1) is 14.2 Å². The van der Waals surface area contributed by atoms with Crippen LogP contribution in [0.4, 0.5) is 0 Å². The first kappa shape index (κ1) is 23.7. The Bertz CT molecular complexity index is 1360. The number of aryl methyl sites for hydroxylation is 2. The van der Waals surface area contributed by atoms with E-state index in [4.69, 9.17) is 18.3 Å². The van der Waals surface area contributed by atoms with Crippen molar-refractivity contribution in [2.75, 3.05) is 14.2 Å². The van der Waals surface area contributed by atoms with E-state index in [1.807, 2.05) is 13.8 Å². The Balaban J connectivity index is 1.71. The van der Waals surface area contributed by atoms with Crippen LogP contribution in [0.1, 0.15) is 57.4 Å². The van der Waals surface area contributed by atoms with E-state index in [0.29, 0.717) is 11.5 Å². The van der Waals surface area contributed by atoms with Crippen molar-refractivity contribution >= 4 is 0 Å². The highest BCUT2D eigenvalue weighted by Gasteiger charge is 2.55. The van der Waals surface area contributed by atoms with Crippen molar-refractivity contribution in [3.05, 3.63) is 127 Å². The molecule has 0 saturated heterocycles. The van der Waals surface area contributed by atoms with Crippen molar-refractivity contribution < 1.29 is 18.3 Å². The normalized spacial score (nSPS) is 21.0. The van der Waals surface area contributed by atoms with Crippen LogP contribution in [0.15, 0.2) is 91.6 Å². The van der Waals surface area contributed by atoms with Crippen molar-refractivity contribution in [2.24, 2.45) is 0 Å². The lowest BCUT2D eigenvalue weighted by atomic mass is 9.51. The molecule has 0 bridgehead atoms. The van der Waals surface area contributed by atoms with Crippen molar-refractivity contribution in [3.63, 3.8) is 0 Å². The monoisotopic (exact) mass is 484 g/mol. The number of hydrogen-bond donors (Lipinski definition) is 0. The van der Waals surface area contributed by atoms with Crippen molar-refractivity contribution in [3.8, 4) is 11.5 Å². The second-order valence-corrected chi connectivity index (χ2v) is 9.35. The Morgan fingerprint density at radius 1 is 0.583 bits per heavy atom. The molecule has 4 aromatic rings. The van der Waals surface area contributed by atoms with Crippen LogP contribution in [0.3, 0.4) is 0 Å². The van der Waals surface area contributed by atoms with Crippen molar-refractivity contribution in [1.82, 2.24) is 0 Å². The molecule has 0 unspecified atom stereocenters. The molecule has 0 aliphatic heterocycles. The highest BCUT2D eigenvalue weighted by atomic mass is 16.5. The van der Waals surface area contributed by atoms with Crippen LogP contribution >= 0.6 is 0 Å². The average molecular weight is 485 g/mol. The fraction of sp³-hybridized carbons (Fsp3) is 0.267. The molecule has 0 amide bonds. The Labute approximate surface area is 209 Å². The smallest absolute Gasteiger partial charge is 0.226 e. The molecule has 0 radical (unpaired) electrons. The van der Waals surface area contributed by atoms with Gasteiger partial charge in [0, 0.05) is 35.8 Å². The summed E-state index contributed by atoms with van der Waals surface area (Å²) in [4.78, 5) is 25.4. The summed E-state index contributed by atoms with van der Waals surface area (Å²) in [7, 11) is 2.89. The van der Waals surface area contributed by atoms with E-state index < -0.39 is 0 Å². The molecule has 6 heteroatoms. The summed E-state index contributed by atoms with van der Waals surface area (Å²) in [5.74, 6) is 0.963. The Morgan fingerprint density at radius 2 is 0.944 bits per heavy atom. The Hall–Kier alpha value is -4.06. The minimum absolute atomic E-state index is 0.0926. The molecular formula is C30H28O6. The molecule has 1 fully saturated rings. The Morgan fingerprint density at radius 3 is 1.25 bits per heavy atom. The SMILES string of the molecule is COc1coc(C2C(c3ccc(C)cc3)C(c3cc(=O)c(OC)co3)C2c2ccc(C)cc2)cc1=O. The standard InChI is InChI=1S/C30H28O6/c1-17-5-9-19(10-6-17)27-29(23-13-21(31)25(33-3)15-35-23)28(20-11-7-18(2)8-12-20)30(27)24-14-22(32)26(34-4)16-36-24/h5-16,27-30H,1-4H3. The molecule has 0 spiro atoms. The zero-order valence-corrected chi connectivity index (χ0v) is 20.7. The molecule has 5 rings (SSSR count). The van der Waals surface area contributed by atoms with Crippen LogP contribution in [-0.4, -0.2) is 14.2 Å². The van der Waals surface area contributed by atoms with Gasteiger partial charge in [0.1, 0.15) is 24.0 Å². The van der Waals surface area contributed by atoms with Gasteiger partial charge in [-0.05, 0) is 25.0 Å². The average Bonchev–Trinajstić information content (AvgIpc) is 2.86.